The molecule has 0 aliphatic carbocycles. The van der Waals surface area contributed by atoms with Crippen LogP contribution in [0.1, 0.15) is 48.6 Å². The summed E-state index contributed by atoms with van der Waals surface area (Å²) in [6.45, 7) is 2.23. The fourth-order valence-electron chi connectivity index (χ4n) is 2.26. The Hall–Kier alpha value is -1.00. The van der Waals surface area contributed by atoms with E-state index in [1.807, 2.05) is 24.3 Å². The average molecular weight is 438 g/mol. The van der Waals surface area contributed by atoms with E-state index in [1.54, 1.807) is 0 Å². The molecule has 0 aromatic heterocycles. The zero-order chi connectivity index (χ0) is 16.5. The van der Waals surface area contributed by atoms with Crippen molar-refractivity contribution in [2.75, 3.05) is 0 Å². The molecular weight excluding hydrogens is 416 g/mol. The number of benzene rings is 2. The van der Waals surface area contributed by atoms with E-state index in [1.165, 1.54) is 36.8 Å². The lowest BCUT2D eigenvalue weighted by molar-refractivity contribution is 0.664. The van der Waals surface area contributed by atoms with Crippen molar-refractivity contribution in [3.63, 3.8) is 0 Å². The quantitative estimate of drug-likeness (QED) is 0.227. The minimum absolute atomic E-state index is 0.428. The summed E-state index contributed by atoms with van der Waals surface area (Å²) >= 11 is 7.21. The number of hydrogen-bond donors (Lipinski definition) is 0. The molecule has 4 heteroatoms. The Morgan fingerprint density at radius 2 is 1.43 bits per heavy atom. The molecule has 1 unspecified atom stereocenters. The zero-order valence-electron chi connectivity index (χ0n) is 13.4. The summed E-state index contributed by atoms with van der Waals surface area (Å²) in [5.74, 6) is 0. The number of nitrogens with zero attached hydrogens (tertiary/aromatic N) is 2. The number of rotatable bonds is 8. The molecule has 0 amide bonds. The fourth-order valence-corrected chi connectivity index (χ4v) is 3.26. The minimum Gasteiger partial charge on any atom is -0.151 e. The lowest BCUT2D eigenvalue weighted by Crippen LogP contribution is -1.89. The van der Waals surface area contributed by atoms with Crippen LogP contribution in [0.5, 0.6) is 0 Å². The Bertz CT molecular complexity index is 606. The minimum atomic E-state index is 0.428. The second-order valence-corrected chi connectivity index (χ2v) is 7.22. The summed E-state index contributed by atoms with van der Waals surface area (Å²) in [7, 11) is 0. The van der Waals surface area contributed by atoms with Crippen molar-refractivity contribution in [2.45, 2.75) is 42.8 Å². The van der Waals surface area contributed by atoms with Crippen LogP contribution in [0.25, 0.3) is 0 Å². The standard InChI is InChI=1S/C19H22Br2N2/c1-2-3-4-5-19(21)16-8-12-18(13-9-16)23-22-17-10-6-15(14-20)7-11-17/h6-13,19H,2-5,14H2,1H3/b23-22+. The van der Waals surface area contributed by atoms with Gasteiger partial charge >= 0.3 is 0 Å². The largest absolute Gasteiger partial charge is 0.151 e. The van der Waals surface area contributed by atoms with E-state index in [9.17, 15) is 0 Å². The summed E-state index contributed by atoms with van der Waals surface area (Å²) in [5.41, 5.74) is 4.30. The Morgan fingerprint density at radius 1 is 0.870 bits per heavy atom. The number of alkyl halides is 2. The number of azo groups is 1. The molecule has 23 heavy (non-hydrogen) atoms. The van der Waals surface area contributed by atoms with Crippen LogP contribution in [-0.4, -0.2) is 0 Å². The highest BCUT2D eigenvalue weighted by atomic mass is 79.9. The first-order chi connectivity index (χ1) is 11.2. The molecule has 122 valence electrons. The van der Waals surface area contributed by atoms with E-state index in [0.717, 1.165) is 16.7 Å². The molecule has 0 aliphatic rings. The number of unbranched alkanes of at least 4 members (excludes halogenated alkanes) is 2. The molecule has 2 rings (SSSR count). The smallest absolute Gasteiger partial charge is 0.0857 e. The molecule has 0 fully saturated rings. The van der Waals surface area contributed by atoms with Gasteiger partial charge in [-0.25, -0.2) is 0 Å². The van der Waals surface area contributed by atoms with Crippen molar-refractivity contribution in [1.82, 2.24) is 0 Å². The van der Waals surface area contributed by atoms with Crippen LogP contribution in [0.2, 0.25) is 0 Å². The van der Waals surface area contributed by atoms with E-state index < -0.39 is 0 Å². The van der Waals surface area contributed by atoms with Gasteiger partial charge in [-0.2, -0.15) is 10.2 Å². The van der Waals surface area contributed by atoms with E-state index in [-0.39, 0.29) is 0 Å². The topological polar surface area (TPSA) is 24.7 Å². The van der Waals surface area contributed by atoms with Crippen molar-refractivity contribution < 1.29 is 0 Å². The molecule has 0 aliphatic heterocycles. The molecule has 0 heterocycles. The Balaban J connectivity index is 1.94. The van der Waals surface area contributed by atoms with Crippen molar-refractivity contribution in [3.05, 3.63) is 59.7 Å². The molecule has 0 N–H and O–H groups in total. The van der Waals surface area contributed by atoms with Gasteiger partial charge < -0.3 is 0 Å². The second-order valence-electron chi connectivity index (χ2n) is 5.55. The molecule has 2 aromatic carbocycles. The van der Waals surface area contributed by atoms with Gasteiger partial charge in [0.25, 0.3) is 0 Å². The molecule has 2 aromatic rings. The number of hydrogen-bond acceptors (Lipinski definition) is 2. The van der Waals surface area contributed by atoms with Crippen LogP contribution in [-0.2, 0) is 5.33 Å². The number of halogens is 2. The van der Waals surface area contributed by atoms with Crippen molar-refractivity contribution in [3.8, 4) is 0 Å². The highest BCUT2D eigenvalue weighted by molar-refractivity contribution is 9.09. The third kappa shape index (κ3) is 6.19. The van der Waals surface area contributed by atoms with Crippen LogP contribution >= 0.6 is 31.9 Å². The maximum Gasteiger partial charge on any atom is 0.0857 e. The Kier molecular flexibility index (Phi) is 7.96. The summed E-state index contributed by atoms with van der Waals surface area (Å²) in [4.78, 5) is 0.428. The maximum atomic E-state index is 4.31. The first-order valence-electron chi connectivity index (χ1n) is 8.03. The van der Waals surface area contributed by atoms with Gasteiger partial charge in [-0.3, -0.25) is 0 Å². The van der Waals surface area contributed by atoms with Crippen molar-refractivity contribution >= 4 is 43.2 Å². The van der Waals surface area contributed by atoms with E-state index >= 15 is 0 Å². The van der Waals surface area contributed by atoms with E-state index in [0.29, 0.717) is 4.83 Å². The van der Waals surface area contributed by atoms with Crippen LogP contribution < -0.4 is 0 Å². The lowest BCUT2D eigenvalue weighted by atomic mass is 10.1. The van der Waals surface area contributed by atoms with Gasteiger partial charge in [0, 0.05) is 10.2 Å². The molecule has 2 nitrogen and oxygen atoms in total. The first-order valence-corrected chi connectivity index (χ1v) is 10.1. The van der Waals surface area contributed by atoms with Crippen LogP contribution in [0.4, 0.5) is 11.4 Å². The second kappa shape index (κ2) is 9.99. The fraction of sp³-hybridized carbons (Fsp3) is 0.368. The molecule has 0 bridgehead atoms. The third-order valence-corrected chi connectivity index (χ3v) is 5.32. The predicted molar refractivity (Wildman–Crippen MR) is 106 cm³/mol. The van der Waals surface area contributed by atoms with Gasteiger partial charge in [0.05, 0.1) is 11.4 Å². The zero-order valence-corrected chi connectivity index (χ0v) is 16.6. The van der Waals surface area contributed by atoms with Crippen LogP contribution in [0, 0.1) is 0 Å². The van der Waals surface area contributed by atoms with Crippen LogP contribution in [0.3, 0.4) is 0 Å². The highest BCUT2D eigenvalue weighted by Crippen LogP contribution is 2.30. The van der Waals surface area contributed by atoms with Gasteiger partial charge in [0.1, 0.15) is 0 Å². The maximum absolute atomic E-state index is 4.31. The summed E-state index contributed by atoms with van der Waals surface area (Å²) in [5, 5.41) is 9.45. The van der Waals surface area contributed by atoms with Crippen molar-refractivity contribution in [1.29, 1.82) is 0 Å². The van der Waals surface area contributed by atoms with E-state index in [4.69, 9.17) is 0 Å². The van der Waals surface area contributed by atoms with Gasteiger partial charge in [-0.05, 0) is 41.8 Å². The SMILES string of the molecule is CCCCCC(Br)c1ccc(/N=N/c2ccc(CBr)cc2)cc1. The highest BCUT2D eigenvalue weighted by Gasteiger charge is 2.06. The summed E-state index contributed by atoms with van der Waals surface area (Å²) in [6, 6.07) is 16.4. The first kappa shape index (κ1) is 18.3. The van der Waals surface area contributed by atoms with Gasteiger partial charge in [-0.1, -0.05) is 82.3 Å². The molecule has 0 radical (unpaired) electrons. The van der Waals surface area contributed by atoms with Crippen molar-refractivity contribution in [2.24, 2.45) is 10.2 Å². The lowest BCUT2D eigenvalue weighted by Gasteiger charge is -2.09. The molecule has 0 spiro atoms. The normalized spacial score (nSPS) is 12.7. The molecular formula is C19H22Br2N2. The molecule has 0 saturated heterocycles. The van der Waals surface area contributed by atoms with E-state index in [2.05, 4.69) is 73.3 Å². The third-order valence-electron chi connectivity index (χ3n) is 3.69. The van der Waals surface area contributed by atoms with Gasteiger partial charge in [0.2, 0.25) is 0 Å². The monoisotopic (exact) mass is 436 g/mol. The Labute approximate surface area is 155 Å². The Morgan fingerprint density at radius 3 is 1.96 bits per heavy atom. The van der Waals surface area contributed by atoms with Gasteiger partial charge in [-0.15, -0.1) is 0 Å². The molecule has 0 saturated carbocycles. The van der Waals surface area contributed by atoms with Gasteiger partial charge in [0.15, 0.2) is 0 Å². The summed E-state index contributed by atoms with van der Waals surface area (Å²) in [6.07, 6.45) is 4.99. The predicted octanol–water partition coefficient (Wildman–Crippen LogP) is 8.01. The summed E-state index contributed by atoms with van der Waals surface area (Å²) < 4.78 is 0. The average Bonchev–Trinajstić information content (AvgIpc) is 2.61. The van der Waals surface area contributed by atoms with Crippen LogP contribution in [0.15, 0.2) is 58.8 Å². The molecule has 1 atom stereocenters.